The van der Waals surface area contributed by atoms with Crippen LogP contribution in [0.15, 0.2) is 72.8 Å². The fourth-order valence-electron chi connectivity index (χ4n) is 2.93. The lowest BCUT2D eigenvalue weighted by Gasteiger charge is -2.10. The molecule has 0 aliphatic carbocycles. The summed E-state index contributed by atoms with van der Waals surface area (Å²) in [4.78, 5) is 21.4. The number of carbonyl (C=O) groups is 1. The zero-order chi connectivity index (χ0) is 20.2. The molecular formula is C23H21N5O. The summed E-state index contributed by atoms with van der Waals surface area (Å²) in [6.45, 7) is 3.85. The number of para-hydroxylation sites is 1. The molecule has 0 aliphatic rings. The van der Waals surface area contributed by atoms with Gasteiger partial charge >= 0.3 is 6.03 Å². The van der Waals surface area contributed by atoms with Crippen LogP contribution in [-0.2, 0) is 0 Å². The highest BCUT2D eigenvalue weighted by Gasteiger charge is 2.06. The van der Waals surface area contributed by atoms with E-state index in [1.807, 2.05) is 86.6 Å². The van der Waals surface area contributed by atoms with Crippen LogP contribution in [0.25, 0.3) is 11.0 Å². The lowest BCUT2D eigenvalue weighted by atomic mass is 10.2. The number of anilines is 4. The first kappa shape index (κ1) is 18.4. The van der Waals surface area contributed by atoms with Gasteiger partial charge in [0.1, 0.15) is 0 Å². The van der Waals surface area contributed by atoms with Crippen LogP contribution < -0.4 is 16.0 Å². The molecule has 3 N–H and O–H groups in total. The van der Waals surface area contributed by atoms with E-state index in [0.717, 1.165) is 33.8 Å². The maximum absolute atomic E-state index is 12.3. The third kappa shape index (κ3) is 4.50. The van der Waals surface area contributed by atoms with E-state index in [0.29, 0.717) is 11.4 Å². The fourth-order valence-corrected chi connectivity index (χ4v) is 2.93. The van der Waals surface area contributed by atoms with Crippen molar-refractivity contribution in [3.05, 3.63) is 84.2 Å². The standard InChI is InChI=1S/C23H21N5O/c1-15-16(2)25-22-14-20(12-13-21(22)24-15)28-23(29)27-19-10-8-18(9-11-19)26-17-6-4-3-5-7-17/h3-14,26H,1-2H3,(H2,27,28,29). The van der Waals surface area contributed by atoms with E-state index in [9.17, 15) is 4.79 Å². The van der Waals surface area contributed by atoms with E-state index in [-0.39, 0.29) is 6.03 Å². The van der Waals surface area contributed by atoms with Gasteiger partial charge < -0.3 is 16.0 Å². The van der Waals surface area contributed by atoms with Crippen LogP contribution in [0.3, 0.4) is 0 Å². The van der Waals surface area contributed by atoms with Crippen LogP contribution in [0.2, 0.25) is 0 Å². The highest BCUT2D eigenvalue weighted by molar-refractivity contribution is 6.00. The van der Waals surface area contributed by atoms with Gasteiger partial charge in [-0.25, -0.2) is 14.8 Å². The Morgan fingerprint density at radius 1 is 0.655 bits per heavy atom. The van der Waals surface area contributed by atoms with Crippen molar-refractivity contribution in [1.29, 1.82) is 0 Å². The van der Waals surface area contributed by atoms with Crippen LogP contribution in [0.5, 0.6) is 0 Å². The molecule has 6 nitrogen and oxygen atoms in total. The maximum atomic E-state index is 12.3. The van der Waals surface area contributed by atoms with Gasteiger partial charge in [0.15, 0.2) is 0 Å². The lowest BCUT2D eigenvalue weighted by molar-refractivity contribution is 0.262. The predicted molar refractivity (Wildman–Crippen MR) is 118 cm³/mol. The Kier molecular flexibility index (Phi) is 5.07. The largest absolute Gasteiger partial charge is 0.356 e. The lowest BCUT2D eigenvalue weighted by Crippen LogP contribution is -2.19. The maximum Gasteiger partial charge on any atom is 0.323 e. The third-order valence-corrected chi connectivity index (χ3v) is 4.54. The van der Waals surface area contributed by atoms with Gasteiger partial charge in [-0.15, -0.1) is 0 Å². The fraction of sp³-hybridized carbons (Fsp3) is 0.0870. The van der Waals surface area contributed by atoms with Gasteiger partial charge in [0.25, 0.3) is 0 Å². The summed E-state index contributed by atoms with van der Waals surface area (Å²) in [6.07, 6.45) is 0. The normalized spacial score (nSPS) is 10.6. The van der Waals surface area contributed by atoms with Crippen molar-refractivity contribution < 1.29 is 4.79 Å². The number of fused-ring (bicyclic) bond motifs is 1. The minimum atomic E-state index is -0.315. The molecule has 4 aromatic rings. The first-order valence-corrected chi connectivity index (χ1v) is 9.32. The summed E-state index contributed by atoms with van der Waals surface area (Å²) in [5.74, 6) is 0. The molecule has 4 rings (SSSR count). The third-order valence-electron chi connectivity index (χ3n) is 4.54. The highest BCUT2D eigenvalue weighted by atomic mass is 16.2. The number of urea groups is 1. The SMILES string of the molecule is Cc1nc2ccc(NC(=O)Nc3ccc(Nc4ccccc4)cc3)cc2nc1C. The predicted octanol–water partition coefficient (Wildman–Crippen LogP) is 5.63. The van der Waals surface area contributed by atoms with Gasteiger partial charge in [-0.3, -0.25) is 0 Å². The minimum absolute atomic E-state index is 0.315. The average Bonchev–Trinajstić information content (AvgIpc) is 2.71. The number of rotatable bonds is 4. The van der Waals surface area contributed by atoms with Crippen molar-refractivity contribution in [2.75, 3.05) is 16.0 Å². The molecule has 144 valence electrons. The smallest absolute Gasteiger partial charge is 0.323 e. The zero-order valence-corrected chi connectivity index (χ0v) is 16.2. The monoisotopic (exact) mass is 383 g/mol. The Balaban J connectivity index is 1.40. The van der Waals surface area contributed by atoms with E-state index >= 15 is 0 Å². The number of hydrogen-bond donors (Lipinski definition) is 3. The second-order valence-corrected chi connectivity index (χ2v) is 6.75. The summed E-state index contributed by atoms with van der Waals surface area (Å²) in [5.41, 5.74) is 6.66. The molecule has 0 atom stereocenters. The van der Waals surface area contributed by atoms with Crippen LogP contribution in [0.1, 0.15) is 11.4 Å². The van der Waals surface area contributed by atoms with E-state index in [2.05, 4.69) is 25.9 Å². The Labute approximate surface area is 169 Å². The Hall–Kier alpha value is -3.93. The van der Waals surface area contributed by atoms with Gasteiger partial charge in [0.05, 0.1) is 22.4 Å². The number of nitrogens with zero attached hydrogens (tertiary/aromatic N) is 2. The van der Waals surface area contributed by atoms with Crippen molar-refractivity contribution in [3.8, 4) is 0 Å². The minimum Gasteiger partial charge on any atom is -0.356 e. The number of hydrogen-bond acceptors (Lipinski definition) is 4. The highest BCUT2D eigenvalue weighted by Crippen LogP contribution is 2.20. The molecule has 29 heavy (non-hydrogen) atoms. The molecule has 1 aromatic heterocycles. The second kappa shape index (κ2) is 7.98. The number of nitrogens with one attached hydrogen (secondary N) is 3. The molecular weight excluding hydrogens is 362 g/mol. The van der Waals surface area contributed by atoms with Crippen LogP contribution in [-0.4, -0.2) is 16.0 Å². The van der Waals surface area contributed by atoms with Crippen LogP contribution >= 0.6 is 0 Å². The van der Waals surface area contributed by atoms with Crippen molar-refractivity contribution in [2.45, 2.75) is 13.8 Å². The van der Waals surface area contributed by atoms with E-state index < -0.39 is 0 Å². The van der Waals surface area contributed by atoms with Crippen LogP contribution in [0.4, 0.5) is 27.5 Å². The molecule has 2 amide bonds. The molecule has 6 heteroatoms. The topological polar surface area (TPSA) is 78.9 Å². The number of aromatic nitrogens is 2. The van der Waals surface area contributed by atoms with Crippen LogP contribution in [0, 0.1) is 13.8 Å². The summed E-state index contributed by atoms with van der Waals surface area (Å²) in [5, 5.41) is 8.98. The number of amides is 2. The zero-order valence-electron chi connectivity index (χ0n) is 16.2. The molecule has 3 aromatic carbocycles. The molecule has 0 radical (unpaired) electrons. The molecule has 0 bridgehead atoms. The first-order chi connectivity index (χ1) is 14.1. The van der Waals surface area contributed by atoms with Crippen molar-refractivity contribution in [1.82, 2.24) is 9.97 Å². The summed E-state index contributed by atoms with van der Waals surface area (Å²) >= 11 is 0. The summed E-state index contributed by atoms with van der Waals surface area (Å²) < 4.78 is 0. The van der Waals surface area contributed by atoms with Gasteiger partial charge in [-0.05, 0) is 68.4 Å². The molecule has 1 heterocycles. The molecule has 0 spiro atoms. The molecule has 0 unspecified atom stereocenters. The molecule has 0 aliphatic heterocycles. The van der Waals surface area contributed by atoms with E-state index in [1.54, 1.807) is 0 Å². The summed E-state index contributed by atoms with van der Waals surface area (Å²) in [6, 6.07) is 22.6. The van der Waals surface area contributed by atoms with Crippen molar-refractivity contribution in [3.63, 3.8) is 0 Å². The Bertz CT molecular complexity index is 1160. The van der Waals surface area contributed by atoms with E-state index in [4.69, 9.17) is 0 Å². The average molecular weight is 383 g/mol. The first-order valence-electron chi connectivity index (χ1n) is 9.32. The number of aryl methyl sites for hydroxylation is 2. The summed E-state index contributed by atoms with van der Waals surface area (Å²) in [7, 11) is 0. The van der Waals surface area contributed by atoms with Crippen molar-refractivity contribution >= 4 is 39.8 Å². The Morgan fingerprint density at radius 2 is 1.21 bits per heavy atom. The number of benzene rings is 3. The van der Waals surface area contributed by atoms with Gasteiger partial charge in [-0.1, -0.05) is 18.2 Å². The molecule has 0 fully saturated rings. The molecule has 0 saturated carbocycles. The van der Waals surface area contributed by atoms with Crippen molar-refractivity contribution in [2.24, 2.45) is 0 Å². The van der Waals surface area contributed by atoms with E-state index in [1.165, 1.54) is 0 Å². The Morgan fingerprint density at radius 3 is 1.93 bits per heavy atom. The quantitative estimate of drug-likeness (QED) is 0.426. The van der Waals surface area contributed by atoms with Gasteiger partial charge in [0, 0.05) is 22.7 Å². The molecule has 0 saturated heterocycles. The number of carbonyl (C=O) groups excluding carboxylic acids is 1. The second-order valence-electron chi connectivity index (χ2n) is 6.75. The van der Waals surface area contributed by atoms with Gasteiger partial charge in [0.2, 0.25) is 0 Å². The van der Waals surface area contributed by atoms with Gasteiger partial charge in [-0.2, -0.15) is 0 Å².